The lowest BCUT2D eigenvalue weighted by Crippen LogP contribution is -2.58. The van der Waals surface area contributed by atoms with E-state index in [0.29, 0.717) is 0 Å². The van der Waals surface area contributed by atoms with E-state index in [-0.39, 0.29) is 5.92 Å². The summed E-state index contributed by atoms with van der Waals surface area (Å²) in [6, 6.07) is 0. The minimum atomic E-state index is -0.574. The number of hydrogen-bond acceptors (Lipinski definition) is 3. The molecule has 18 heavy (non-hydrogen) atoms. The van der Waals surface area contributed by atoms with Crippen LogP contribution in [0.25, 0.3) is 0 Å². The first-order valence-electron chi connectivity index (χ1n) is 6.35. The lowest BCUT2D eigenvalue weighted by atomic mass is 9.71. The predicted molar refractivity (Wildman–Crippen MR) is 73.5 cm³/mol. The molecule has 3 nitrogen and oxygen atoms in total. The van der Waals surface area contributed by atoms with Gasteiger partial charge in [0, 0.05) is 31.4 Å². The quantitative estimate of drug-likeness (QED) is 0.748. The van der Waals surface area contributed by atoms with Crippen molar-refractivity contribution in [3.8, 4) is 0 Å². The zero-order valence-corrected chi connectivity index (χ0v) is 10.6. The van der Waals surface area contributed by atoms with Crippen molar-refractivity contribution in [1.29, 1.82) is 0 Å². The van der Waals surface area contributed by atoms with E-state index in [9.17, 15) is 5.11 Å². The van der Waals surface area contributed by atoms with Gasteiger partial charge in [-0.2, -0.15) is 0 Å². The Hall–Kier alpha value is -1.61. The topological polar surface area (TPSA) is 35.8 Å². The first kappa shape index (κ1) is 11.5. The monoisotopic (exact) mass is 242 g/mol. The van der Waals surface area contributed by atoms with Gasteiger partial charge in [-0.05, 0) is 24.1 Å². The van der Waals surface area contributed by atoms with Gasteiger partial charge < -0.3 is 10.0 Å². The molecule has 3 unspecified atom stereocenters. The van der Waals surface area contributed by atoms with Crippen molar-refractivity contribution >= 4 is 6.21 Å². The molecular formula is C15H18N2O. The molecule has 3 heteroatoms. The Morgan fingerprint density at radius 1 is 1.61 bits per heavy atom. The number of aliphatic hydroxyl groups excluding tert-OH is 1. The normalized spacial score (nSPS) is 36.9. The van der Waals surface area contributed by atoms with Gasteiger partial charge in [0.1, 0.15) is 0 Å². The zero-order valence-electron chi connectivity index (χ0n) is 10.6. The number of rotatable bonds is 2. The Balaban J connectivity index is 2.09. The van der Waals surface area contributed by atoms with E-state index >= 15 is 0 Å². The van der Waals surface area contributed by atoms with E-state index in [1.165, 1.54) is 0 Å². The highest BCUT2D eigenvalue weighted by Gasteiger charge is 2.53. The van der Waals surface area contributed by atoms with Crippen molar-refractivity contribution in [3.05, 3.63) is 48.2 Å². The highest BCUT2D eigenvalue weighted by molar-refractivity contribution is 5.81. The van der Waals surface area contributed by atoms with Crippen LogP contribution in [0.3, 0.4) is 0 Å². The van der Waals surface area contributed by atoms with Crippen LogP contribution in [0.1, 0.15) is 6.42 Å². The van der Waals surface area contributed by atoms with Crippen molar-refractivity contribution < 1.29 is 5.11 Å². The van der Waals surface area contributed by atoms with Crippen LogP contribution in [0.15, 0.2) is 53.2 Å². The van der Waals surface area contributed by atoms with Crippen molar-refractivity contribution in [2.24, 2.45) is 10.9 Å². The van der Waals surface area contributed by atoms with Gasteiger partial charge in [0.2, 0.25) is 0 Å². The first-order valence-corrected chi connectivity index (χ1v) is 6.35. The average Bonchev–Trinajstić information content (AvgIpc) is 2.80. The molecule has 1 N–H and O–H groups in total. The van der Waals surface area contributed by atoms with E-state index < -0.39 is 11.6 Å². The summed E-state index contributed by atoms with van der Waals surface area (Å²) < 4.78 is 0. The molecular weight excluding hydrogens is 224 g/mol. The van der Waals surface area contributed by atoms with Crippen LogP contribution >= 0.6 is 0 Å². The number of piperidine rings is 1. The van der Waals surface area contributed by atoms with Crippen LogP contribution in [-0.4, -0.2) is 41.5 Å². The lowest BCUT2D eigenvalue weighted by molar-refractivity contribution is 0.0151. The van der Waals surface area contributed by atoms with Crippen molar-refractivity contribution in [3.63, 3.8) is 0 Å². The summed E-state index contributed by atoms with van der Waals surface area (Å²) >= 11 is 0. The van der Waals surface area contributed by atoms with Gasteiger partial charge in [-0.25, -0.2) is 0 Å². The molecule has 94 valence electrons. The fourth-order valence-electron chi connectivity index (χ4n) is 3.33. The van der Waals surface area contributed by atoms with Gasteiger partial charge in [0.25, 0.3) is 0 Å². The van der Waals surface area contributed by atoms with E-state index in [1.807, 2.05) is 30.5 Å². The maximum Gasteiger partial charge on any atom is 0.151 e. The third kappa shape index (κ3) is 1.31. The van der Waals surface area contributed by atoms with Crippen LogP contribution in [0.2, 0.25) is 0 Å². The molecule has 0 radical (unpaired) electrons. The second kappa shape index (κ2) is 3.95. The third-order valence-corrected chi connectivity index (χ3v) is 4.16. The Bertz CT molecular complexity index is 501. The van der Waals surface area contributed by atoms with Crippen LogP contribution in [0.4, 0.5) is 0 Å². The summed E-state index contributed by atoms with van der Waals surface area (Å²) in [5.74, 6) is 0.176. The van der Waals surface area contributed by atoms with Gasteiger partial charge in [-0.15, -0.1) is 6.58 Å². The summed E-state index contributed by atoms with van der Waals surface area (Å²) in [5.41, 5.74) is 1.61. The summed E-state index contributed by atoms with van der Waals surface area (Å²) in [5, 5.41) is 10.8. The number of aliphatic hydroxyl groups is 1. The first-order chi connectivity index (χ1) is 8.70. The molecule has 1 spiro atoms. The number of likely N-dealkylation sites (N-methyl/N-ethyl adjacent to an activating group) is 1. The highest BCUT2D eigenvalue weighted by Crippen LogP contribution is 2.46. The number of aliphatic imine (C=N–C) groups is 1. The minimum Gasteiger partial charge on any atom is -0.389 e. The molecule has 1 saturated heterocycles. The van der Waals surface area contributed by atoms with Crippen molar-refractivity contribution in [1.82, 2.24) is 4.90 Å². The van der Waals surface area contributed by atoms with Crippen molar-refractivity contribution in [2.75, 3.05) is 13.6 Å². The fourth-order valence-corrected chi connectivity index (χ4v) is 3.33. The van der Waals surface area contributed by atoms with Gasteiger partial charge in [0.05, 0.1) is 6.10 Å². The zero-order chi connectivity index (χ0) is 12.8. The van der Waals surface area contributed by atoms with Crippen LogP contribution in [-0.2, 0) is 0 Å². The van der Waals surface area contributed by atoms with Gasteiger partial charge in [-0.1, -0.05) is 18.2 Å². The van der Waals surface area contributed by atoms with Gasteiger partial charge in [0.15, 0.2) is 5.54 Å². The molecule has 0 saturated carbocycles. The summed E-state index contributed by atoms with van der Waals surface area (Å²) in [4.78, 5) is 6.82. The molecule has 2 aliphatic heterocycles. The molecule has 1 aliphatic carbocycles. The second-order valence-electron chi connectivity index (χ2n) is 5.19. The van der Waals surface area contributed by atoms with E-state index in [2.05, 4.69) is 29.6 Å². The number of allylic oxidation sites excluding steroid dienone is 4. The maximum atomic E-state index is 10.8. The molecule has 0 aromatic heterocycles. The lowest BCUT2D eigenvalue weighted by Gasteiger charge is -2.49. The molecule has 3 aliphatic rings. The molecule has 3 rings (SSSR count). The number of likely N-dealkylation sites (tertiary alicyclic amines) is 1. The molecule has 0 amide bonds. The average molecular weight is 242 g/mol. The Kier molecular flexibility index (Phi) is 2.52. The molecule has 3 atom stereocenters. The minimum absolute atomic E-state index is 0.176. The van der Waals surface area contributed by atoms with E-state index in [1.54, 1.807) is 0 Å². The summed E-state index contributed by atoms with van der Waals surface area (Å²) in [6.45, 7) is 4.63. The van der Waals surface area contributed by atoms with Crippen molar-refractivity contribution in [2.45, 2.75) is 18.1 Å². The summed E-state index contributed by atoms with van der Waals surface area (Å²) in [6.07, 6.45) is 12.2. The second-order valence-corrected chi connectivity index (χ2v) is 5.19. The molecule has 2 heterocycles. The largest absolute Gasteiger partial charge is 0.389 e. The van der Waals surface area contributed by atoms with Gasteiger partial charge in [-0.3, -0.25) is 4.99 Å². The maximum absolute atomic E-state index is 10.8. The molecule has 0 aromatic rings. The van der Waals surface area contributed by atoms with Crippen LogP contribution in [0, 0.1) is 5.92 Å². The van der Waals surface area contributed by atoms with Gasteiger partial charge >= 0.3 is 0 Å². The van der Waals surface area contributed by atoms with Crippen LogP contribution in [0.5, 0.6) is 0 Å². The molecule has 0 bridgehead atoms. The third-order valence-electron chi connectivity index (χ3n) is 4.16. The Labute approximate surface area is 108 Å². The SMILES string of the molecule is C=CCC1CN(C)C2=CC=CC3=CC=NC32C1O. The number of nitrogens with zero attached hydrogens (tertiary/aromatic N) is 2. The Morgan fingerprint density at radius 2 is 2.44 bits per heavy atom. The van der Waals surface area contributed by atoms with E-state index in [4.69, 9.17) is 0 Å². The van der Waals surface area contributed by atoms with E-state index in [0.717, 1.165) is 24.2 Å². The predicted octanol–water partition coefficient (Wildman–Crippen LogP) is 1.69. The molecule has 1 fully saturated rings. The fraction of sp³-hybridized carbons (Fsp3) is 0.400. The van der Waals surface area contributed by atoms with Crippen LogP contribution < -0.4 is 0 Å². The highest BCUT2D eigenvalue weighted by atomic mass is 16.3. The number of hydrogen-bond donors (Lipinski definition) is 1. The smallest absolute Gasteiger partial charge is 0.151 e. The molecule has 0 aromatic carbocycles. The Morgan fingerprint density at radius 3 is 3.22 bits per heavy atom. The standard InChI is InChI=1S/C15H18N2O/c1-3-5-11-10-17(2)13-7-4-6-12-8-9-16-15(12,13)14(11)18/h3-4,6-9,11,14,18H,1,5,10H2,2H3. The summed E-state index contributed by atoms with van der Waals surface area (Å²) in [7, 11) is 2.07.